The van der Waals surface area contributed by atoms with Crippen LogP contribution in [0.4, 0.5) is 4.39 Å². The summed E-state index contributed by atoms with van der Waals surface area (Å²) in [7, 11) is 0. The molecule has 1 aliphatic heterocycles. The lowest BCUT2D eigenvalue weighted by Gasteiger charge is -2.41. The minimum atomic E-state index is -0.433. The highest BCUT2D eigenvalue weighted by molar-refractivity contribution is 5.80. The number of likely N-dealkylation sites (tertiary alicyclic amines) is 1. The number of hydrogen-bond acceptors (Lipinski definition) is 5. The van der Waals surface area contributed by atoms with Gasteiger partial charge in [-0.15, -0.1) is 0 Å². The molecule has 0 bridgehead atoms. The second kappa shape index (κ2) is 7.62. The maximum absolute atomic E-state index is 13.5. The summed E-state index contributed by atoms with van der Waals surface area (Å²) in [6, 6.07) is 6.14. The molecular weight excluding hydrogens is 359 g/mol. The third-order valence-corrected chi connectivity index (χ3v) is 6.16. The molecule has 1 saturated heterocycles. The molecule has 2 fully saturated rings. The van der Waals surface area contributed by atoms with Crippen molar-refractivity contribution in [2.24, 2.45) is 11.7 Å². The van der Waals surface area contributed by atoms with E-state index in [0.29, 0.717) is 23.8 Å². The first-order valence-corrected chi connectivity index (χ1v) is 10.1. The summed E-state index contributed by atoms with van der Waals surface area (Å²) in [4.78, 5) is 19.5. The van der Waals surface area contributed by atoms with Crippen LogP contribution in [0.1, 0.15) is 57.3 Å². The van der Waals surface area contributed by atoms with E-state index >= 15 is 0 Å². The monoisotopic (exact) mass is 386 g/mol. The third-order valence-electron chi connectivity index (χ3n) is 6.16. The molecule has 7 heteroatoms. The quantitative estimate of drug-likeness (QED) is 0.873. The molecule has 0 spiro atoms. The van der Waals surface area contributed by atoms with E-state index < -0.39 is 5.54 Å². The van der Waals surface area contributed by atoms with Gasteiger partial charge in [-0.1, -0.05) is 30.1 Å². The molecular formula is C21H27FN4O2. The Bertz CT molecular complexity index is 850. The van der Waals surface area contributed by atoms with Gasteiger partial charge in [0, 0.05) is 24.2 Å². The Balaban J connectivity index is 1.48. The minimum absolute atomic E-state index is 0.000121. The Morgan fingerprint density at radius 3 is 2.96 bits per heavy atom. The summed E-state index contributed by atoms with van der Waals surface area (Å²) < 4.78 is 18.9. The third kappa shape index (κ3) is 3.81. The van der Waals surface area contributed by atoms with Crippen molar-refractivity contribution in [1.82, 2.24) is 15.0 Å². The van der Waals surface area contributed by atoms with Crippen LogP contribution in [0.15, 0.2) is 28.8 Å². The first-order chi connectivity index (χ1) is 13.4. The number of aromatic nitrogens is 2. The summed E-state index contributed by atoms with van der Waals surface area (Å²) in [5.41, 5.74) is 6.59. The van der Waals surface area contributed by atoms with Crippen molar-refractivity contribution in [3.63, 3.8) is 0 Å². The molecule has 1 aromatic heterocycles. The molecule has 3 unspecified atom stereocenters. The topological polar surface area (TPSA) is 85.3 Å². The molecule has 1 saturated carbocycles. The van der Waals surface area contributed by atoms with E-state index in [0.717, 1.165) is 45.1 Å². The van der Waals surface area contributed by atoms with Gasteiger partial charge in [-0.2, -0.15) is 4.98 Å². The number of nitrogens with zero attached hydrogens (tertiary/aromatic N) is 3. The van der Waals surface area contributed by atoms with Gasteiger partial charge in [-0.05, 0) is 44.7 Å². The van der Waals surface area contributed by atoms with E-state index in [-0.39, 0.29) is 23.6 Å². The molecule has 2 aromatic rings. The van der Waals surface area contributed by atoms with E-state index in [1.165, 1.54) is 12.1 Å². The molecule has 2 N–H and O–H groups in total. The van der Waals surface area contributed by atoms with Crippen LogP contribution in [-0.4, -0.2) is 39.6 Å². The summed E-state index contributed by atoms with van der Waals surface area (Å²) in [6.07, 6.45) is 5.67. The first-order valence-electron chi connectivity index (χ1n) is 10.1. The Kier molecular flexibility index (Phi) is 5.19. The molecule has 150 valence electrons. The zero-order chi connectivity index (χ0) is 19.7. The van der Waals surface area contributed by atoms with Gasteiger partial charge >= 0.3 is 0 Å². The molecule has 2 aliphatic rings. The number of amides is 1. The number of carbonyl (C=O) groups excluding carboxylic acids is 1. The number of benzene rings is 1. The van der Waals surface area contributed by atoms with E-state index in [9.17, 15) is 9.18 Å². The van der Waals surface area contributed by atoms with E-state index in [2.05, 4.69) is 10.1 Å². The predicted octanol–water partition coefficient (Wildman–Crippen LogP) is 3.49. The average Bonchev–Trinajstić information content (AvgIpc) is 3.18. The maximum atomic E-state index is 13.5. The van der Waals surface area contributed by atoms with Crippen molar-refractivity contribution < 1.29 is 13.7 Å². The molecule has 1 aliphatic carbocycles. The second-order valence-electron chi connectivity index (χ2n) is 8.39. The Hall–Kier alpha value is -2.28. The van der Waals surface area contributed by atoms with Crippen LogP contribution in [0.2, 0.25) is 0 Å². The number of hydrogen-bond donors (Lipinski definition) is 1. The Labute approximate surface area is 164 Å². The molecule has 3 atom stereocenters. The SMILES string of the molecule is CC1(N)CCCCC1C(=O)N1CCCC(c2nc(-c3cccc(F)c3)no2)C1. The van der Waals surface area contributed by atoms with E-state index in [1.54, 1.807) is 12.1 Å². The lowest BCUT2D eigenvalue weighted by molar-refractivity contribution is -0.140. The zero-order valence-electron chi connectivity index (χ0n) is 16.2. The van der Waals surface area contributed by atoms with Crippen molar-refractivity contribution in [3.8, 4) is 11.4 Å². The normalized spacial score (nSPS) is 28.3. The number of nitrogens with two attached hydrogens (primary N) is 1. The molecule has 1 amide bonds. The highest BCUT2D eigenvalue weighted by Crippen LogP contribution is 2.35. The average molecular weight is 386 g/mol. The van der Waals surface area contributed by atoms with E-state index in [4.69, 9.17) is 10.3 Å². The van der Waals surface area contributed by atoms with Crippen LogP contribution in [0.25, 0.3) is 11.4 Å². The largest absolute Gasteiger partial charge is 0.342 e. The second-order valence-corrected chi connectivity index (χ2v) is 8.39. The highest BCUT2D eigenvalue weighted by Gasteiger charge is 2.41. The van der Waals surface area contributed by atoms with Crippen molar-refractivity contribution in [1.29, 1.82) is 0 Å². The van der Waals surface area contributed by atoms with Gasteiger partial charge in [0.2, 0.25) is 17.6 Å². The number of halogens is 1. The molecule has 4 rings (SSSR count). The van der Waals surface area contributed by atoms with Crippen molar-refractivity contribution in [2.45, 2.75) is 56.9 Å². The van der Waals surface area contributed by atoms with Gasteiger partial charge in [0.05, 0.1) is 11.8 Å². The summed E-state index contributed by atoms with van der Waals surface area (Å²) in [5, 5.41) is 4.01. The fraction of sp³-hybridized carbons (Fsp3) is 0.571. The molecule has 1 aromatic carbocycles. The molecule has 2 heterocycles. The van der Waals surface area contributed by atoms with Gasteiger partial charge in [0.15, 0.2) is 0 Å². The van der Waals surface area contributed by atoms with Gasteiger partial charge in [0.1, 0.15) is 5.82 Å². The van der Waals surface area contributed by atoms with Crippen molar-refractivity contribution in [3.05, 3.63) is 36.0 Å². The molecule has 0 radical (unpaired) electrons. The molecule has 6 nitrogen and oxygen atoms in total. The van der Waals surface area contributed by atoms with E-state index in [1.807, 2.05) is 11.8 Å². The lowest BCUT2D eigenvalue weighted by Crippen LogP contribution is -2.55. The first kappa shape index (κ1) is 19.1. The van der Waals surface area contributed by atoms with Crippen LogP contribution in [0, 0.1) is 11.7 Å². The van der Waals surface area contributed by atoms with Crippen LogP contribution >= 0.6 is 0 Å². The predicted molar refractivity (Wildman–Crippen MR) is 103 cm³/mol. The highest BCUT2D eigenvalue weighted by atomic mass is 19.1. The van der Waals surface area contributed by atoms with Crippen LogP contribution in [0.5, 0.6) is 0 Å². The van der Waals surface area contributed by atoms with Gasteiger partial charge < -0.3 is 15.2 Å². The van der Waals surface area contributed by atoms with Gasteiger partial charge in [0.25, 0.3) is 0 Å². The fourth-order valence-electron chi connectivity index (χ4n) is 4.51. The van der Waals surface area contributed by atoms with Gasteiger partial charge in [-0.25, -0.2) is 4.39 Å². The Morgan fingerprint density at radius 2 is 2.18 bits per heavy atom. The number of rotatable bonds is 3. The van der Waals surface area contributed by atoms with Crippen LogP contribution in [-0.2, 0) is 4.79 Å². The van der Waals surface area contributed by atoms with Crippen molar-refractivity contribution >= 4 is 5.91 Å². The van der Waals surface area contributed by atoms with Crippen LogP contribution in [0.3, 0.4) is 0 Å². The van der Waals surface area contributed by atoms with Crippen LogP contribution < -0.4 is 5.73 Å². The minimum Gasteiger partial charge on any atom is -0.342 e. The number of piperidine rings is 1. The maximum Gasteiger partial charge on any atom is 0.231 e. The van der Waals surface area contributed by atoms with Gasteiger partial charge in [-0.3, -0.25) is 4.79 Å². The summed E-state index contributed by atoms with van der Waals surface area (Å²) in [6.45, 7) is 3.31. The molecule has 28 heavy (non-hydrogen) atoms. The Morgan fingerprint density at radius 1 is 1.32 bits per heavy atom. The standard InChI is InChI=1S/C21H27FN4O2/c1-21(23)10-3-2-9-17(21)20(27)26-11-5-7-15(13-26)19-24-18(25-28-19)14-6-4-8-16(22)12-14/h4,6,8,12,15,17H,2-3,5,7,9-11,13,23H2,1H3. The summed E-state index contributed by atoms with van der Waals surface area (Å²) in [5.74, 6) is 0.580. The fourth-order valence-corrected chi connectivity index (χ4v) is 4.51. The lowest BCUT2D eigenvalue weighted by atomic mass is 9.73. The zero-order valence-corrected chi connectivity index (χ0v) is 16.2. The summed E-state index contributed by atoms with van der Waals surface area (Å²) >= 11 is 0. The van der Waals surface area contributed by atoms with Crippen molar-refractivity contribution in [2.75, 3.05) is 13.1 Å². The smallest absolute Gasteiger partial charge is 0.231 e. The number of carbonyl (C=O) groups is 1.